The highest BCUT2D eigenvalue weighted by molar-refractivity contribution is 8.10. The quantitative estimate of drug-likeness (QED) is 0.350. The van der Waals surface area contributed by atoms with E-state index in [-0.39, 0.29) is 0 Å². The molecule has 3 atom stereocenters. The second-order valence-corrected chi connectivity index (χ2v) is 12.3. The van der Waals surface area contributed by atoms with E-state index in [2.05, 4.69) is 67.5 Å². The Morgan fingerprint density at radius 2 is 1.74 bits per heavy atom. The first kappa shape index (κ1) is 16.9. The molecule has 0 amide bonds. The highest BCUT2D eigenvalue weighted by atomic mass is 32.2. The van der Waals surface area contributed by atoms with Crippen LogP contribution in [0, 0.1) is 0 Å². The van der Waals surface area contributed by atoms with Crippen molar-refractivity contribution in [1.82, 2.24) is 0 Å². The van der Waals surface area contributed by atoms with Crippen LogP contribution in [0.5, 0.6) is 0 Å². The summed E-state index contributed by atoms with van der Waals surface area (Å²) < 4.78 is 0.965. The van der Waals surface area contributed by atoms with Crippen molar-refractivity contribution in [1.29, 1.82) is 0 Å². The normalized spacial score (nSPS) is 38.1. The highest BCUT2D eigenvalue weighted by Crippen LogP contribution is 2.47. The number of hydrogen-bond donors (Lipinski definition) is 0. The summed E-state index contributed by atoms with van der Waals surface area (Å²) in [5.41, 5.74) is 0. The maximum Gasteiger partial charge on any atom is 0.0313 e. The fourth-order valence-electron chi connectivity index (χ4n) is 1.83. The van der Waals surface area contributed by atoms with Crippen molar-refractivity contribution >= 4 is 58.8 Å². The molecule has 2 aliphatic rings. The van der Waals surface area contributed by atoms with E-state index in [1.807, 2.05) is 17.8 Å². The molecule has 0 aliphatic carbocycles. The molecule has 5 heteroatoms. The van der Waals surface area contributed by atoms with Gasteiger partial charge in [0, 0.05) is 55.0 Å². The Morgan fingerprint density at radius 1 is 1.16 bits per heavy atom. The van der Waals surface area contributed by atoms with Crippen LogP contribution in [-0.2, 0) is 0 Å². The maximum atomic E-state index is 3.80. The van der Waals surface area contributed by atoms with E-state index >= 15 is 0 Å². The van der Waals surface area contributed by atoms with Crippen LogP contribution in [0.25, 0.3) is 0 Å². The van der Waals surface area contributed by atoms with Gasteiger partial charge < -0.3 is 0 Å². The van der Waals surface area contributed by atoms with Crippen LogP contribution in [-0.4, -0.2) is 55.0 Å². The van der Waals surface area contributed by atoms with Crippen LogP contribution in [0.4, 0.5) is 0 Å². The van der Waals surface area contributed by atoms with Gasteiger partial charge in [0.15, 0.2) is 0 Å². The van der Waals surface area contributed by atoms with Crippen LogP contribution in [0.1, 0.15) is 13.8 Å². The third-order valence-corrected chi connectivity index (χ3v) is 11.4. The van der Waals surface area contributed by atoms with Crippen molar-refractivity contribution in [2.45, 2.75) is 28.6 Å². The minimum atomic E-state index is 0.467. The third kappa shape index (κ3) is 6.01. The largest absolute Gasteiger partial charge is 0.159 e. The van der Waals surface area contributed by atoms with Gasteiger partial charge in [-0.05, 0) is 13.8 Å². The predicted octanol–water partition coefficient (Wildman–Crippen LogP) is 4.75. The molecule has 19 heavy (non-hydrogen) atoms. The van der Waals surface area contributed by atoms with Gasteiger partial charge in [-0.15, -0.1) is 6.58 Å². The third-order valence-electron chi connectivity index (χ3n) is 3.21. The van der Waals surface area contributed by atoms with Gasteiger partial charge in [0.25, 0.3) is 0 Å². The van der Waals surface area contributed by atoms with Gasteiger partial charge in [0.2, 0.25) is 0 Å². The molecule has 0 radical (unpaired) electrons. The molecule has 0 N–H and O–H groups in total. The number of hydrogen-bond acceptors (Lipinski definition) is 5. The molecule has 2 aliphatic heterocycles. The van der Waals surface area contributed by atoms with Gasteiger partial charge in [0.05, 0.1) is 0 Å². The Hall–Kier alpha value is 1.49. The van der Waals surface area contributed by atoms with Crippen LogP contribution < -0.4 is 0 Å². The van der Waals surface area contributed by atoms with Crippen LogP contribution in [0.15, 0.2) is 12.7 Å². The second-order valence-electron chi connectivity index (χ2n) is 5.75. The van der Waals surface area contributed by atoms with E-state index < -0.39 is 0 Å². The summed E-state index contributed by atoms with van der Waals surface area (Å²) in [7, 11) is 0. The molecule has 0 aromatic rings. The van der Waals surface area contributed by atoms with Crippen molar-refractivity contribution in [3.63, 3.8) is 0 Å². The Balaban J connectivity index is 1.68. The van der Waals surface area contributed by atoms with Gasteiger partial charge in [-0.3, -0.25) is 0 Å². The van der Waals surface area contributed by atoms with E-state index in [1.54, 1.807) is 0 Å². The molecule has 3 unspecified atom stereocenters. The van der Waals surface area contributed by atoms with Crippen LogP contribution in [0.2, 0.25) is 0 Å². The van der Waals surface area contributed by atoms with E-state index in [0.29, 0.717) is 9.49 Å². The van der Waals surface area contributed by atoms with Crippen molar-refractivity contribution in [2.24, 2.45) is 0 Å². The van der Waals surface area contributed by atoms with Crippen LogP contribution in [0.3, 0.4) is 0 Å². The van der Waals surface area contributed by atoms with Gasteiger partial charge in [-0.25, -0.2) is 0 Å². The lowest BCUT2D eigenvalue weighted by Gasteiger charge is -2.42. The van der Waals surface area contributed by atoms with E-state index in [0.717, 1.165) is 11.0 Å². The summed E-state index contributed by atoms with van der Waals surface area (Å²) in [6.07, 6.45) is 2.02. The zero-order valence-corrected chi connectivity index (χ0v) is 15.9. The highest BCUT2D eigenvalue weighted by Gasteiger charge is 2.38. The molecule has 0 spiro atoms. The molecule has 0 bridgehead atoms. The van der Waals surface area contributed by atoms with Gasteiger partial charge in [-0.1, -0.05) is 6.08 Å². The Kier molecular flexibility index (Phi) is 6.80. The summed E-state index contributed by atoms with van der Waals surface area (Å²) in [5.74, 6) is 9.08. The number of rotatable bonds is 8. The monoisotopic (exact) mass is 352 g/mol. The molecule has 110 valence electrons. The minimum Gasteiger partial charge on any atom is -0.159 e. The van der Waals surface area contributed by atoms with Gasteiger partial charge >= 0.3 is 0 Å². The molecule has 2 saturated heterocycles. The van der Waals surface area contributed by atoms with Gasteiger partial charge in [-0.2, -0.15) is 58.8 Å². The molecule has 0 aromatic carbocycles. The molecule has 2 fully saturated rings. The van der Waals surface area contributed by atoms with E-state index in [9.17, 15) is 0 Å². The lowest BCUT2D eigenvalue weighted by Crippen LogP contribution is -2.41. The minimum absolute atomic E-state index is 0.467. The standard InChI is InChI=1S/C14H24S5/c1-4-5-15-8-13(2)10-19-14(3,11-18-13)9-16-6-12-7-17-12/h4,12H,1,5-11H2,2-3H3. The first-order valence-corrected chi connectivity index (χ1v) is 12.0. The topological polar surface area (TPSA) is 0 Å². The zero-order chi connectivity index (χ0) is 13.8. The van der Waals surface area contributed by atoms with Crippen LogP contribution >= 0.6 is 58.8 Å². The van der Waals surface area contributed by atoms with E-state index in [4.69, 9.17) is 0 Å². The first-order valence-electron chi connectivity index (χ1n) is 6.71. The maximum absolute atomic E-state index is 3.80. The van der Waals surface area contributed by atoms with E-state index in [1.165, 1.54) is 34.5 Å². The molecule has 0 nitrogen and oxygen atoms in total. The van der Waals surface area contributed by atoms with Crippen molar-refractivity contribution in [3.8, 4) is 0 Å². The number of thioether (sulfide) groups is 5. The summed E-state index contributed by atoms with van der Waals surface area (Å²) in [4.78, 5) is 0. The molecule has 0 aromatic heterocycles. The molecular weight excluding hydrogens is 328 g/mol. The Labute approximate surface area is 139 Å². The van der Waals surface area contributed by atoms with Crippen molar-refractivity contribution < 1.29 is 0 Å². The average Bonchev–Trinajstić information content (AvgIpc) is 3.19. The summed E-state index contributed by atoms with van der Waals surface area (Å²) in [6.45, 7) is 8.71. The fraction of sp³-hybridized carbons (Fsp3) is 0.857. The predicted molar refractivity (Wildman–Crippen MR) is 103 cm³/mol. The molecular formula is C14H24S5. The van der Waals surface area contributed by atoms with Crippen molar-refractivity contribution in [3.05, 3.63) is 12.7 Å². The zero-order valence-electron chi connectivity index (χ0n) is 11.9. The SMILES string of the molecule is C=CCSCC1(C)CSC(C)(CSCC2CS2)CS1. The second kappa shape index (κ2) is 7.66. The molecule has 0 saturated carbocycles. The Morgan fingerprint density at radius 3 is 2.21 bits per heavy atom. The summed E-state index contributed by atoms with van der Waals surface area (Å²) in [5, 5.41) is 0.982. The Bertz CT molecular complexity index is 292. The molecule has 2 rings (SSSR count). The lowest BCUT2D eigenvalue weighted by molar-refractivity contribution is 0.758. The average molecular weight is 353 g/mol. The van der Waals surface area contributed by atoms with Crippen molar-refractivity contribution in [2.75, 3.05) is 40.3 Å². The van der Waals surface area contributed by atoms with Gasteiger partial charge in [0.1, 0.15) is 0 Å². The lowest BCUT2D eigenvalue weighted by atomic mass is 10.2. The summed E-state index contributed by atoms with van der Waals surface area (Å²) in [6, 6.07) is 0. The fourth-order valence-corrected chi connectivity index (χ4v) is 8.72. The first-order chi connectivity index (χ1) is 9.05. The smallest absolute Gasteiger partial charge is 0.0313 e. The summed E-state index contributed by atoms with van der Waals surface area (Å²) >= 11 is 10.7. The molecule has 2 heterocycles.